The summed E-state index contributed by atoms with van der Waals surface area (Å²) >= 11 is 0. The Kier molecular flexibility index (Phi) is 3.56. The van der Waals surface area contributed by atoms with Crippen LogP contribution in [0.3, 0.4) is 0 Å². The molecule has 0 heterocycles. The van der Waals surface area contributed by atoms with E-state index in [2.05, 4.69) is 0 Å². The molecule has 0 amide bonds. The third kappa shape index (κ3) is 5.72. The standard InChI is InChI=1S/C4H4F4/c5-3(6)1-2-4(7)8/h1-2H2. The second-order valence-electron chi connectivity index (χ2n) is 1.18. The van der Waals surface area contributed by atoms with Crippen molar-refractivity contribution < 1.29 is 17.6 Å². The minimum absolute atomic E-state index is 0.817. The molecule has 0 aromatic carbocycles. The first-order valence-corrected chi connectivity index (χ1v) is 1.96. The smallest absolute Gasteiger partial charge is 0.200 e. The summed E-state index contributed by atoms with van der Waals surface area (Å²) < 4.78 is 43.9. The van der Waals surface area contributed by atoms with Gasteiger partial charge in [-0.15, -0.1) is 0 Å². The van der Waals surface area contributed by atoms with Crippen molar-refractivity contribution >= 4 is 0 Å². The Morgan fingerprint density at radius 3 is 1.12 bits per heavy atom. The molecule has 0 nitrogen and oxygen atoms in total. The molecular formula is C4H4F4. The summed E-state index contributed by atoms with van der Waals surface area (Å²) in [5, 5.41) is 0. The highest BCUT2D eigenvalue weighted by Gasteiger charge is 2.11. The maximum Gasteiger partial charge on any atom is 0.310 e. The Morgan fingerprint density at radius 1 is 0.750 bits per heavy atom. The molecule has 0 spiro atoms. The quantitative estimate of drug-likeness (QED) is 0.512. The number of hydrogen-bond donors (Lipinski definition) is 0. The first-order valence-electron chi connectivity index (χ1n) is 1.96. The van der Waals surface area contributed by atoms with Gasteiger partial charge in [0.05, 0.1) is 0 Å². The second-order valence-corrected chi connectivity index (χ2v) is 1.18. The highest BCUT2D eigenvalue weighted by atomic mass is 19.3. The van der Waals surface area contributed by atoms with Crippen molar-refractivity contribution in [3.63, 3.8) is 0 Å². The van der Waals surface area contributed by atoms with Gasteiger partial charge < -0.3 is 0 Å². The van der Waals surface area contributed by atoms with Gasteiger partial charge in [-0.2, -0.15) is 17.6 Å². The minimum atomic E-state index is -1.95. The van der Waals surface area contributed by atoms with Crippen LogP contribution in [0.4, 0.5) is 17.6 Å². The number of rotatable bonds is 3. The Morgan fingerprint density at radius 2 is 1.00 bits per heavy atom. The van der Waals surface area contributed by atoms with Crippen molar-refractivity contribution in [3.8, 4) is 0 Å². The zero-order valence-corrected chi connectivity index (χ0v) is 3.93. The van der Waals surface area contributed by atoms with Crippen LogP contribution in [0.25, 0.3) is 0 Å². The van der Waals surface area contributed by atoms with Gasteiger partial charge in [-0.25, -0.2) is 0 Å². The molecule has 0 aliphatic rings. The third-order valence-electron chi connectivity index (χ3n) is 0.503. The van der Waals surface area contributed by atoms with E-state index in [0.29, 0.717) is 0 Å². The van der Waals surface area contributed by atoms with E-state index in [-0.39, 0.29) is 0 Å². The molecule has 2 radical (unpaired) electrons. The summed E-state index contributed by atoms with van der Waals surface area (Å²) in [6, 6.07) is 0. The lowest BCUT2D eigenvalue weighted by Gasteiger charge is -1.92. The Labute approximate surface area is 44.5 Å². The van der Waals surface area contributed by atoms with Crippen molar-refractivity contribution in [1.82, 2.24) is 0 Å². The average Bonchev–Trinajstić information content (AvgIpc) is 1.61. The third-order valence-corrected chi connectivity index (χ3v) is 0.503. The molecule has 0 rings (SSSR count). The van der Waals surface area contributed by atoms with Crippen LogP contribution >= 0.6 is 0 Å². The Hall–Kier alpha value is -0.280. The van der Waals surface area contributed by atoms with E-state index in [1.165, 1.54) is 0 Å². The van der Waals surface area contributed by atoms with Crippen LogP contribution in [0.2, 0.25) is 0 Å². The van der Waals surface area contributed by atoms with Gasteiger partial charge in [0.25, 0.3) is 0 Å². The zero-order chi connectivity index (χ0) is 6.57. The first-order chi connectivity index (χ1) is 3.63. The maximum atomic E-state index is 11.0. The Bertz CT molecular complexity index is 44.0. The molecule has 0 aromatic heterocycles. The number of halogens is 4. The van der Waals surface area contributed by atoms with Gasteiger partial charge in [-0.3, -0.25) is 0 Å². The fourth-order valence-corrected chi connectivity index (χ4v) is 0.189. The molecule has 8 heavy (non-hydrogen) atoms. The van der Waals surface area contributed by atoms with Crippen molar-refractivity contribution in [3.05, 3.63) is 12.9 Å². The van der Waals surface area contributed by atoms with Crippen molar-refractivity contribution in [2.75, 3.05) is 0 Å². The Balaban J connectivity index is 2.93. The molecule has 0 N–H and O–H groups in total. The van der Waals surface area contributed by atoms with Gasteiger partial charge >= 0.3 is 12.9 Å². The minimum Gasteiger partial charge on any atom is -0.200 e. The molecule has 0 aromatic rings. The lowest BCUT2D eigenvalue weighted by atomic mass is 10.3. The first kappa shape index (κ1) is 7.72. The topological polar surface area (TPSA) is 0 Å². The molecule has 0 aliphatic heterocycles. The second kappa shape index (κ2) is 3.69. The molecule has 0 saturated heterocycles. The van der Waals surface area contributed by atoms with Crippen molar-refractivity contribution in [2.24, 2.45) is 0 Å². The van der Waals surface area contributed by atoms with E-state index >= 15 is 0 Å². The summed E-state index contributed by atoms with van der Waals surface area (Å²) in [4.78, 5) is 0. The summed E-state index contributed by atoms with van der Waals surface area (Å²) in [5.74, 6) is 0. The van der Waals surface area contributed by atoms with Gasteiger partial charge in [0, 0.05) is 12.8 Å². The van der Waals surface area contributed by atoms with E-state index < -0.39 is 25.7 Å². The molecule has 0 unspecified atom stereocenters. The highest BCUT2D eigenvalue weighted by Crippen LogP contribution is 2.19. The van der Waals surface area contributed by atoms with E-state index in [4.69, 9.17) is 0 Å². The zero-order valence-electron chi connectivity index (χ0n) is 3.93. The molecule has 0 saturated carbocycles. The fourth-order valence-electron chi connectivity index (χ4n) is 0.189. The van der Waals surface area contributed by atoms with Crippen LogP contribution < -0.4 is 0 Å². The molecule has 4 heteroatoms. The lowest BCUT2D eigenvalue weighted by molar-refractivity contribution is 0.219. The number of hydrogen-bond acceptors (Lipinski definition) is 0. The lowest BCUT2D eigenvalue weighted by Crippen LogP contribution is -1.83. The highest BCUT2D eigenvalue weighted by molar-refractivity contribution is 4.67. The normalized spacial score (nSPS) is 11.2. The van der Waals surface area contributed by atoms with Crippen LogP contribution in [0.5, 0.6) is 0 Å². The average molecular weight is 128 g/mol. The van der Waals surface area contributed by atoms with Gasteiger partial charge in [0.2, 0.25) is 0 Å². The summed E-state index contributed by atoms with van der Waals surface area (Å²) in [6.45, 7) is 0. The molecule has 48 valence electrons. The van der Waals surface area contributed by atoms with Crippen LogP contribution in [0.15, 0.2) is 0 Å². The molecule has 0 fully saturated rings. The van der Waals surface area contributed by atoms with E-state index in [9.17, 15) is 17.6 Å². The van der Waals surface area contributed by atoms with Crippen molar-refractivity contribution in [2.45, 2.75) is 12.8 Å². The van der Waals surface area contributed by atoms with Gasteiger partial charge in [-0.05, 0) is 0 Å². The monoisotopic (exact) mass is 128 g/mol. The molecular weight excluding hydrogens is 124 g/mol. The molecule has 0 atom stereocenters. The summed E-state index contributed by atoms with van der Waals surface area (Å²) in [5.41, 5.74) is 0. The maximum absolute atomic E-state index is 11.0. The van der Waals surface area contributed by atoms with Crippen LogP contribution in [-0.4, -0.2) is 0 Å². The largest absolute Gasteiger partial charge is 0.310 e. The summed E-state index contributed by atoms with van der Waals surface area (Å²) in [7, 11) is 0. The summed E-state index contributed by atoms with van der Waals surface area (Å²) in [6.07, 6.45) is -5.53. The van der Waals surface area contributed by atoms with Gasteiger partial charge in [0.1, 0.15) is 0 Å². The van der Waals surface area contributed by atoms with E-state index in [1.807, 2.05) is 0 Å². The predicted molar refractivity (Wildman–Crippen MR) is 20.2 cm³/mol. The molecule has 0 aliphatic carbocycles. The van der Waals surface area contributed by atoms with Gasteiger partial charge in [-0.1, -0.05) is 0 Å². The van der Waals surface area contributed by atoms with Crippen LogP contribution in [0, 0.1) is 12.9 Å². The molecule has 0 bridgehead atoms. The van der Waals surface area contributed by atoms with Crippen LogP contribution in [0.1, 0.15) is 12.8 Å². The fraction of sp³-hybridized carbons (Fsp3) is 0.500. The van der Waals surface area contributed by atoms with Crippen molar-refractivity contribution in [1.29, 1.82) is 0 Å². The van der Waals surface area contributed by atoms with Gasteiger partial charge in [0.15, 0.2) is 0 Å². The predicted octanol–water partition coefficient (Wildman–Crippen LogP) is 2.62. The van der Waals surface area contributed by atoms with Crippen LogP contribution in [-0.2, 0) is 0 Å². The van der Waals surface area contributed by atoms with E-state index in [1.54, 1.807) is 0 Å². The van der Waals surface area contributed by atoms with E-state index in [0.717, 1.165) is 0 Å². The SMILES string of the molecule is F[C](F)CC[C](F)F.